The van der Waals surface area contributed by atoms with E-state index in [2.05, 4.69) is 5.32 Å². The third-order valence-electron chi connectivity index (χ3n) is 7.36. The van der Waals surface area contributed by atoms with Gasteiger partial charge in [-0.25, -0.2) is 22.0 Å². The van der Waals surface area contributed by atoms with E-state index in [9.17, 15) is 26.8 Å². The van der Waals surface area contributed by atoms with Crippen molar-refractivity contribution >= 4 is 27.6 Å². The Morgan fingerprint density at radius 2 is 1.67 bits per heavy atom. The van der Waals surface area contributed by atoms with E-state index in [-0.39, 0.29) is 55.3 Å². The molecule has 3 aromatic rings. The first kappa shape index (κ1) is 31.9. The highest BCUT2D eigenvalue weighted by Crippen LogP contribution is 2.24. The molecule has 0 unspecified atom stereocenters. The lowest BCUT2D eigenvalue weighted by atomic mass is 10.0. The highest BCUT2D eigenvalue weighted by molar-refractivity contribution is 7.89. The fraction of sp³-hybridized carbons (Fsp3) is 0.355. The van der Waals surface area contributed by atoms with Gasteiger partial charge in [-0.15, -0.1) is 0 Å². The summed E-state index contributed by atoms with van der Waals surface area (Å²) in [5, 5.41) is 2.48. The van der Waals surface area contributed by atoms with Crippen molar-refractivity contribution < 1.29 is 31.5 Å². The van der Waals surface area contributed by atoms with Crippen LogP contribution in [0.4, 0.5) is 19.3 Å². The summed E-state index contributed by atoms with van der Waals surface area (Å²) in [4.78, 5) is 30.0. The Morgan fingerprint density at radius 1 is 1.00 bits per heavy atom. The Bertz CT molecular complexity index is 1500. The standard InChI is InChI=1S/C31H36F2N4O5S/c1-3-17-36(43(40,41)27-7-5-4-6-8-27)22-30(38)37(21-23-9-12-26(42-2)13-10-23)25-15-18-35(19-16-25)31(39)34-29-14-11-24(32)20-28(29)33/h4-14,20,25H,3,15-19,21-22H2,1-2H3,(H,34,39). The third kappa shape index (κ3) is 8.08. The Kier molecular flexibility index (Phi) is 10.7. The molecule has 1 aliphatic heterocycles. The topological polar surface area (TPSA) is 99.3 Å². The number of sulfonamides is 1. The minimum Gasteiger partial charge on any atom is -0.497 e. The number of piperidine rings is 1. The molecule has 1 fully saturated rings. The summed E-state index contributed by atoms with van der Waals surface area (Å²) >= 11 is 0. The molecule has 43 heavy (non-hydrogen) atoms. The zero-order valence-corrected chi connectivity index (χ0v) is 25.0. The molecule has 1 aliphatic rings. The average molecular weight is 615 g/mol. The molecule has 0 radical (unpaired) electrons. The van der Waals surface area contributed by atoms with Crippen LogP contribution in [0.25, 0.3) is 0 Å². The lowest BCUT2D eigenvalue weighted by Gasteiger charge is -2.39. The molecule has 12 heteroatoms. The summed E-state index contributed by atoms with van der Waals surface area (Å²) in [5.41, 5.74) is 0.717. The van der Waals surface area contributed by atoms with E-state index in [0.29, 0.717) is 31.1 Å². The van der Waals surface area contributed by atoms with Crippen molar-refractivity contribution in [2.24, 2.45) is 0 Å². The molecule has 3 amide bonds. The predicted octanol–water partition coefficient (Wildman–Crippen LogP) is 5.10. The van der Waals surface area contributed by atoms with E-state index < -0.39 is 27.7 Å². The monoisotopic (exact) mass is 614 g/mol. The van der Waals surface area contributed by atoms with Gasteiger partial charge in [-0.1, -0.05) is 37.3 Å². The zero-order valence-electron chi connectivity index (χ0n) is 24.2. The van der Waals surface area contributed by atoms with Crippen molar-refractivity contribution in [3.63, 3.8) is 0 Å². The normalized spacial score (nSPS) is 14.0. The summed E-state index contributed by atoms with van der Waals surface area (Å²) < 4.78 is 60.7. The minimum atomic E-state index is -3.91. The average Bonchev–Trinajstić information content (AvgIpc) is 3.01. The van der Waals surface area contributed by atoms with Gasteiger partial charge >= 0.3 is 6.03 Å². The molecule has 1 heterocycles. The molecule has 0 spiro atoms. The maximum Gasteiger partial charge on any atom is 0.321 e. The van der Waals surface area contributed by atoms with Gasteiger partial charge in [0.25, 0.3) is 0 Å². The van der Waals surface area contributed by atoms with Crippen LogP contribution < -0.4 is 10.1 Å². The number of methoxy groups -OCH3 is 1. The van der Waals surface area contributed by atoms with Crippen molar-refractivity contribution in [3.05, 3.63) is 90.0 Å². The number of ether oxygens (including phenoxy) is 1. The number of halogens is 2. The number of anilines is 1. The van der Waals surface area contributed by atoms with Crippen LogP contribution in [0.5, 0.6) is 5.75 Å². The Morgan fingerprint density at radius 3 is 2.28 bits per heavy atom. The van der Waals surface area contributed by atoms with Crippen LogP contribution >= 0.6 is 0 Å². The molecule has 4 rings (SSSR count). The molecule has 0 aliphatic carbocycles. The SMILES string of the molecule is CCCN(CC(=O)N(Cc1ccc(OC)cc1)C1CCN(C(=O)Nc2ccc(F)cc2F)CC1)S(=O)(=O)c1ccccc1. The molecule has 1 N–H and O–H groups in total. The molecule has 0 bridgehead atoms. The molecule has 3 aromatic carbocycles. The molecule has 0 aromatic heterocycles. The van der Waals surface area contributed by atoms with Crippen molar-refractivity contribution in [2.45, 2.75) is 43.7 Å². The number of hydrogen-bond acceptors (Lipinski definition) is 5. The van der Waals surface area contributed by atoms with E-state index >= 15 is 0 Å². The van der Waals surface area contributed by atoms with E-state index in [1.54, 1.807) is 42.3 Å². The van der Waals surface area contributed by atoms with Crippen LogP contribution in [-0.4, -0.2) is 73.8 Å². The van der Waals surface area contributed by atoms with Crippen molar-refractivity contribution in [1.82, 2.24) is 14.1 Å². The largest absolute Gasteiger partial charge is 0.497 e. The summed E-state index contributed by atoms with van der Waals surface area (Å²) in [5.74, 6) is -1.30. The van der Waals surface area contributed by atoms with Gasteiger partial charge in [0, 0.05) is 38.3 Å². The first-order chi connectivity index (χ1) is 20.6. The van der Waals surface area contributed by atoms with E-state index in [1.165, 1.54) is 21.3 Å². The number of carbonyl (C=O) groups is 2. The zero-order chi connectivity index (χ0) is 31.0. The van der Waals surface area contributed by atoms with E-state index in [4.69, 9.17) is 4.74 Å². The Hall–Kier alpha value is -4.03. The fourth-order valence-corrected chi connectivity index (χ4v) is 6.53. The van der Waals surface area contributed by atoms with Gasteiger partial charge in [-0.05, 0) is 61.2 Å². The first-order valence-corrected chi connectivity index (χ1v) is 15.5. The van der Waals surface area contributed by atoms with Gasteiger partial charge in [0.15, 0.2) is 0 Å². The Balaban J connectivity index is 1.50. The maximum atomic E-state index is 14.1. The summed E-state index contributed by atoms with van der Waals surface area (Å²) in [6.07, 6.45) is 1.39. The van der Waals surface area contributed by atoms with Crippen LogP contribution in [0, 0.1) is 11.6 Å². The smallest absolute Gasteiger partial charge is 0.321 e. The number of nitrogens with zero attached hydrogens (tertiary/aromatic N) is 3. The molecular formula is C31H36F2N4O5S. The van der Waals surface area contributed by atoms with Crippen LogP contribution in [0.15, 0.2) is 77.7 Å². The number of hydrogen-bond donors (Lipinski definition) is 1. The number of likely N-dealkylation sites (tertiary alicyclic amines) is 1. The second-order valence-electron chi connectivity index (χ2n) is 10.3. The van der Waals surface area contributed by atoms with Gasteiger partial charge < -0.3 is 19.9 Å². The quantitative estimate of drug-likeness (QED) is 0.324. The summed E-state index contributed by atoms with van der Waals surface area (Å²) in [6.45, 7) is 2.51. The molecule has 1 saturated heterocycles. The molecule has 0 atom stereocenters. The first-order valence-electron chi connectivity index (χ1n) is 14.1. The molecule has 0 saturated carbocycles. The van der Waals surface area contributed by atoms with Crippen molar-refractivity contribution in [2.75, 3.05) is 38.6 Å². The number of benzene rings is 3. The van der Waals surface area contributed by atoms with Gasteiger partial charge in [0.05, 0.1) is 24.2 Å². The highest BCUT2D eigenvalue weighted by atomic mass is 32.2. The van der Waals surface area contributed by atoms with Gasteiger partial charge in [-0.3, -0.25) is 4.79 Å². The fourth-order valence-electron chi connectivity index (χ4n) is 5.03. The summed E-state index contributed by atoms with van der Waals surface area (Å²) in [7, 11) is -2.34. The predicted molar refractivity (Wildman–Crippen MR) is 159 cm³/mol. The number of nitrogens with one attached hydrogen (secondary N) is 1. The lowest BCUT2D eigenvalue weighted by molar-refractivity contribution is -0.135. The van der Waals surface area contributed by atoms with Gasteiger partial charge in [-0.2, -0.15) is 4.31 Å². The van der Waals surface area contributed by atoms with Crippen molar-refractivity contribution in [3.8, 4) is 5.75 Å². The third-order valence-corrected chi connectivity index (χ3v) is 9.22. The number of rotatable bonds is 11. The molecule has 230 valence electrons. The van der Waals surface area contributed by atoms with Gasteiger partial charge in [0.2, 0.25) is 15.9 Å². The van der Waals surface area contributed by atoms with Crippen LogP contribution in [-0.2, 0) is 21.4 Å². The second kappa shape index (κ2) is 14.4. The van der Waals surface area contributed by atoms with Gasteiger partial charge in [0.1, 0.15) is 17.4 Å². The Labute approximate surface area is 251 Å². The minimum absolute atomic E-state index is 0.120. The lowest BCUT2D eigenvalue weighted by Crippen LogP contribution is -2.52. The van der Waals surface area contributed by atoms with Crippen molar-refractivity contribution in [1.29, 1.82) is 0 Å². The molecule has 9 nitrogen and oxygen atoms in total. The second-order valence-corrected chi connectivity index (χ2v) is 12.2. The van der Waals surface area contributed by atoms with Crippen LogP contribution in [0.1, 0.15) is 31.7 Å². The number of urea groups is 1. The number of amides is 3. The van der Waals surface area contributed by atoms with E-state index in [1.807, 2.05) is 19.1 Å². The van der Waals surface area contributed by atoms with Crippen LogP contribution in [0.3, 0.4) is 0 Å². The highest BCUT2D eigenvalue weighted by Gasteiger charge is 2.33. The maximum absolute atomic E-state index is 14.1. The summed E-state index contributed by atoms with van der Waals surface area (Å²) in [6, 6.07) is 17.4. The number of carbonyl (C=O) groups excluding carboxylic acids is 2. The van der Waals surface area contributed by atoms with Crippen LogP contribution in [0.2, 0.25) is 0 Å². The van der Waals surface area contributed by atoms with E-state index in [0.717, 1.165) is 17.7 Å². The molecular weight excluding hydrogens is 578 g/mol.